The van der Waals surface area contributed by atoms with Crippen molar-refractivity contribution in [2.24, 2.45) is 0 Å². The molecule has 0 saturated carbocycles. The van der Waals surface area contributed by atoms with Gasteiger partial charge in [-0.25, -0.2) is 0 Å². The summed E-state index contributed by atoms with van der Waals surface area (Å²) in [6.45, 7) is 12.8. The van der Waals surface area contributed by atoms with Gasteiger partial charge in [0, 0.05) is 13.1 Å². The van der Waals surface area contributed by atoms with E-state index in [1.165, 1.54) is 0 Å². The van der Waals surface area contributed by atoms with Crippen LogP contribution in [0.2, 0.25) is 0 Å². The Kier molecular flexibility index (Phi) is 5.33. The van der Waals surface area contributed by atoms with E-state index in [1.54, 1.807) is 4.90 Å². The SMILES string of the molecule is CCOc1cc(B2OC(C)(C)C(C)(C)O2)ccc1C(=O)N1CCOCC1. The van der Waals surface area contributed by atoms with Gasteiger partial charge in [-0.05, 0) is 52.2 Å². The van der Waals surface area contributed by atoms with Crippen LogP contribution in [0.3, 0.4) is 0 Å². The van der Waals surface area contributed by atoms with E-state index in [1.807, 2.05) is 52.8 Å². The maximum atomic E-state index is 12.9. The molecule has 0 aliphatic carbocycles. The summed E-state index contributed by atoms with van der Waals surface area (Å²) in [7, 11) is -0.480. The fourth-order valence-corrected chi connectivity index (χ4v) is 3.05. The van der Waals surface area contributed by atoms with E-state index in [0.29, 0.717) is 44.2 Å². The molecule has 2 aliphatic heterocycles. The third-order valence-corrected chi connectivity index (χ3v) is 5.36. The number of hydrogen-bond acceptors (Lipinski definition) is 5. The Balaban J connectivity index is 1.86. The van der Waals surface area contributed by atoms with E-state index in [4.69, 9.17) is 18.8 Å². The highest BCUT2D eigenvalue weighted by Gasteiger charge is 2.51. The van der Waals surface area contributed by atoms with Crippen LogP contribution < -0.4 is 10.2 Å². The Labute approximate surface area is 155 Å². The highest BCUT2D eigenvalue weighted by Crippen LogP contribution is 2.36. The van der Waals surface area contributed by atoms with Crippen molar-refractivity contribution in [1.29, 1.82) is 0 Å². The highest BCUT2D eigenvalue weighted by atomic mass is 16.7. The van der Waals surface area contributed by atoms with Crippen LogP contribution in [0.25, 0.3) is 0 Å². The average Bonchev–Trinajstić information content (AvgIpc) is 2.83. The Morgan fingerprint density at radius 3 is 2.35 bits per heavy atom. The molecule has 0 spiro atoms. The molecule has 0 bridgehead atoms. The van der Waals surface area contributed by atoms with Gasteiger partial charge in [0.1, 0.15) is 5.75 Å². The summed E-state index contributed by atoms with van der Waals surface area (Å²) < 4.78 is 23.3. The van der Waals surface area contributed by atoms with E-state index in [0.717, 1.165) is 5.46 Å². The predicted molar refractivity (Wildman–Crippen MR) is 100 cm³/mol. The molecule has 2 saturated heterocycles. The summed E-state index contributed by atoms with van der Waals surface area (Å²) >= 11 is 0. The first-order chi connectivity index (χ1) is 12.2. The maximum absolute atomic E-state index is 12.9. The van der Waals surface area contributed by atoms with E-state index >= 15 is 0 Å². The predicted octanol–water partition coefficient (Wildman–Crippen LogP) is 1.86. The van der Waals surface area contributed by atoms with E-state index < -0.39 is 18.3 Å². The lowest BCUT2D eigenvalue weighted by molar-refractivity contribution is 0.00578. The molecule has 1 aromatic carbocycles. The molecule has 0 N–H and O–H groups in total. The summed E-state index contributed by atoms with van der Waals surface area (Å²) in [6.07, 6.45) is 0. The number of rotatable bonds is 4. The van der Waals surface area contributed by atoms with Crippen LogP contribution in [0.5, 0.6) is 5.75 Å². The second kappa shape index (κ2) is 7.21. The number of amides is 1. The van der Waals surface area contributed by atoms with Gasteiger partial charge in [-0.15, -0.1) is 0 Å². The van der Waals surface area contributed by atoms with Crippen molar-refractivity contribution in [1.82, 2.24) is 4.90 Å². The molecule has 3 rings (SSSR count). The molecule has 7 heteroatoms. The zero-order valence-corrected chi connectivity index (χ0v) is 16.3. The standard InChI is InChI=1S/C19H28BNO5/c1-6-24-16-13-14(20-25-18(2,3)19(4,5)26-20)7-8-15(16)17(22)21-9-11-23-12-10-21/h7-8,13H,6,9-12H2,1-5H3. The van der Waals surface area contributed by atoms with Gasteiger partial charge >= 0.3 is 7.12 Å². The molecule has 0 aromatic heterocycles. The molecule has 0 unspecified atom stereocenters. The van der Waals surface area contributed by atoms with Gasteiger partial charge in [-0.1, -0.05) is 6.07 Å². The third-order valence-electron chi connectivity index (χ3n) is 5.36. The van der Waals surface area contributed by atoms with Crippen LogP contribution in [0.15, 0.2) is 18.2 Å². The number of carbonyl (C=O) groups excluding carboxylic acids is 1. The van der Waals surface area contributed by atoms with Crippen molar-refractivity contribution in [3.05, 3.63) is 23.8 Å². The van der Waals surface area contributed by atoms with Crippen LogP contribution in [0.1, 0.15) is 45.0 Å². The first kappa shape index (κ1) is 19.2. The molecular formula is C19H28BNO5. The third kappa shape index (κ3) is 3.61. The molecule has 142 valence electrons. The summed E-state index contributed by atoms with van der Waals surface area (Å²) in [4.78, 5) is 14.7. The topological polar surface area (TPSA) is 57.2 Å². The zero-order chi connectivity index (χ0) is 18.9. The van der Waals surface area contributed by atoms with Gasteiger partial charge in [0.2, 0.25) is 0 Å². The van der Waals surface area contributed by atoms with Gasteiger partial charge in [-0.3, -0.25) is 4.79 Å². The van der Waals surface area contributed by atoms with Gasteiger partial charge < -0.3 is 23.7 Å². The minimum atomic E-state index is -0.480. The Bertz CT molecular complexity index is 654. The average molecular weight is 361 g/mol. The summed E-state index contributed by atoms with van der Waals surface area (Å²) in [6, 6.07) is 5.56. The second-order valence-corrected chi connectivity index (χ2v) is 7.68. The number of hydrogen-bond donors (Lipinski definition) is 0. The van der Waals surface area contributed by atoms with Crippen LogP contribution in [-0.2, 0) is 14.0 Å². The molecule has 0 radical (unpaired) electrons. The number of ether oxygens (including phenoxy) is 2. The van der Waals surface area contributed by atoms with Crippen molar-refractivity contribution in [2.45, 2.75) is 45.8 Å². The van der Waals surface area contributed by atoms with E-state index in [2.05, 4.69) is 0 Å². The van der Waals surface area contributed by atoms with Crippen LogP contribution in [-0.4, -0.2) is 62.0 Å². The van der Waals surface area contributed by atoms with Crippen LogP contribution in [0, 0.1) is 0 Å². The van der Waals surface area contributed by atoms with Crippen molar-refractivity contribution in [3.8, 4) is 5.75 Å². The Morgan fingerprint density at radius 2 is 1.77 bits per heavy atom. The molecule has 6 nitrogen and oxygen atoms in total. The smallest absolute Gasteiger partial charge is 0.493 e. The fraction of sp³-hybridized carbons (Fsp3) is 0.632. The molecular weight excluding hydrogens is 333 g/mol. The Morgan fingerprint density at radius 1 is 1.15 bits per heavy atom. The minimum absolute atomic E-state index is 0.0304. The summed E-state index contributed by atoms with van der Waals surface area (Å²) in [5, 5.41) is 0. The van der Waals surface area contributed by atoms with Crippen molar-refractivity contribution in [2.75, 3.05) is 32.9 Å². The largest absolute Gasteiger partial charge is 0.494 e. The lowest BCUT2D eigenvalue weighted by atomic mass is 9.78. The lowest BCUT2D eigenvalue weighted by Crippen LogP contribution is -2.41. The molecule has 1 amide bonds. The summed E-state index contributed by atoms with van der Waals surface area (Å²) in [5.41, 5.74) is 0.594. The van der Waals surface area contributed by atoms with E-state index in [9.17, 15) is 4.79 Å². The molecule has 2 aliphatic rings. The lowest BCUT2D eigenvalue weighted by Gasteiger charge is -2.32. The number of carbonyl (C=O) groups is 1. The summed E-state index contributed by atoms with van der Waals surface area (Å²) in [5.74, 6) is 0.536. The van der Waals surface area contributed by atoms with Crippen molar-refractivity contribution >= 4 is 18.5 Å². The minimum Gasteiger partial charge on any atom is -0.493 e. The first-order valence-electron chi connectivity index (χ1n) is 9.24. The monoisotopic (exact) mass is 361 g/mol. The van der Waals surface area contributed by atoms with E-state index in [-0.39, 0.29) is 5.91 Å². The fourth-order valence-electron chi connectivity index (χ4n) is 3.05. The molecule has 26 heavy (non-hydrogen) atoms. The van der Waals surface area contributed by atoms with Gasteiger partial charge in [0.15, 0.2) is 0 Å². The van der Waals surface area contributed by atoms with Gasteiger partial charge in [0.05, 0.1) is 36.6 Å². The molecule has 2 fully saturated rings. The van der Waals surface area contributed by atoms with Crippen molar-refractivity contribution in [3.63, 3.8) is 0 Å². The van der Waals surface area contributed by atoms with Crippen molar-refractivity contribution < 1.29 is 23.6 Å². The van der Waals surface area contributed by atoms with Gasteiger partial charge in [0.25, 0.3) is 5.91 Å². The quantitative estimate of drug-likeness (QED) is 0.767. The first-order valence-corrected chi connectivity index (χ1v) is 9.24. The molecule has 0 atom stereocenters. The van der Waals surface area contributed by atoms with Crippen LogP contribution in [0.4, 0.5) is 0 Å². The normalized spacial score (nSPS) is 21.7. The number of benzene rings is 1. The molecule has 2 heterocycles. The van der Waals surface area contributed by atoms with Gasteiger partial charge in [-0.2, -0.15) is 0 Å². The second-order valence-electron chi connectivity index (χ2n) is 7.68. The maximum Gasteiger partial charge on any atom is 0.494 e. The number of morpholine rings is 1. The van der Waals surface area contributed by atoms with Crippen LogP contribution >= 0.6 is 0 Å². The zero-order valence-electron chi connectivity index (χ0n) is 16.3. The Hall–Kier alpha value is -1.57. The molecule has 1 aromatic rings. The number of nitrogens with zero attached hydrogens (tertiary/aromatic N) is 1. The highest BCUT2D eigenvalue weighted by molar-refractivity contribution is 6.62.